The summed E-state index contributed by atoms with van der Waals surface area (Å²) in [6.45, 7) is 0.615. The number of imide groups is 1. The zero-order chi connectivity index (χ0) is 13.0. The molecule has 0 aliphatic carbocycles. The van der Waals surface area contributed by atoms with Crippen LogP contribution in [0.1, 0.15) is 19.3 Å². The Balaban J connectivity index is 1.75. The largest absolute Gasteiger partial charge is 0.490 e. The molecule has 1 aromatic rings. The Hall–Kier alpha value is -1.91. The first kappa shape index (κ1) is 12.5. The summed E-state index contributed by atoms with van der Waals surface area (Å²) in [5.41, 5.74) is 0. The number of carbonyl (C=O) groups excluding carboxylic acids is 2. The molecular weight excluding hydrogens is 237 g/mol. The highest BCUT2D eigenvalue weighted by Gasteiger charge is 2.27. The zero-order valence-corrected chi connectivity index (χ0v) is 9.89. The lowest BCUT2D eigenvalue weighted by Crippen LogP contribution is -2.30. The SMILES string of the molecule is O=C1CCC(=O)N1CCCOc1ccccc1F. The second kappa shape index (κ2) is 5.62. The highest BCUT2D eigenvalue weighted by molar-refractivity contribution is 6.01. The first-order valence-corrected chi connectivity index (χ1v) is 5.89. The van der Waals surface area contributed by atoms with Crippen LogP contribution in [0.4, 0.5) is 4.39 Å². The van der Waals surface area contributed by atoms with Crippen LogP contribution in [0.3, 0.4) is 0 Å². The number of hydrogen-bond acceptors (Lipinski definition) is 3. The molecular formula is C13H14FNO3. The summed E-state index contributed by atoms with van der Waals surface area (Å²) in [5, 5.41) is 0. The molecule has 0 spiro atoms. The van der Waals surface area contributed by atoms with Crippen LogP contribution in [-0.4, -0.2) is 29.9 Å². The number of rotatable bonds is 5. The standard InChI is InChI=1S/C13H14FNO3/c14-10-4-1-2-5-11(10)18-9-3-8-15-12(16)6-7-13(15)17/h1-2,4-5H,3,6-9H2. The van der Waals surface area contributed by atoms with Crippen LogP contribution >= 0.6 is 0 Å². The first-order chi connectivity index (χ1) is 8.68. The van der Waals surface area contributed by atoms with Gasteiger partial charge in [0, 0.05) is 19.4 Å². The highest BCUT2D eigenvalue weighted by atomic mass is 19.1. The normalized spacial score (nSPS) is 15.3. The zero-order valence-electron chi connectivity index (χ0n) is 9.89. The fourth-order valence-corrected chi connectivity index (χ4v) is 1.84. The van der Waals surface area contributed by atoms with E-state index in [1.165, 1.54) is 11.0 Å². The molecule has 0 unspecified atom stereocenters. The third-order valence-electron chi connectivity index (χ3n) is 2.78. The Bertz CT molecular complexity index is 445. The molecule has 96 valence electrons. The smallest absolute Gasteiger partial charge is 0.229 e. The molecule has 1 aromatic carbocycles. The summed E-state index contributed by atoms with van der Waals surface area (Å²) in [5.74, 6) is -0.487. The van der Waals surface area contributed by atoms with E-state index in [0.717, 1.165) is 0 Å². The number of halogens is 1. The van der Waals surface area contributed by atoms with E-state index in [9.17, 15) is 14.0 Å². The summed E-state index contributed by atoms with van der Waals surface area (Å²) in [6, 6.07) is 6.14. The van der Waals surface area contributed by atoms with Gasteiger partial charge in [0.2, 0.25) is 11.8 Å². The Kier molecular flexibility index (Phi) is 3.92. The number of amides is 2. The van der Waals surface area contributed by atoms with E-state index in [1.807, 2.05) is 0 Å². The van der Waals surface area contributed by atoms with Crippen molar-refractivity contribution in [2.75, 3.05) is 13.2 Å². The average Bonchev–Trinajstić information content (AvgIpc) is 2.67. The van der Waals surface area contributed by atoms with Crippen molar-refractivity contribution in [2.24, 2.45) is 0 Å². The van der Waals surface area contributed by atoms with E-state index in [2.05, 4.69) is 0 Å². The van der Waals surface area contributed by atoms with Crippen LogP contribution in [0.2, 0.25) is 0 Å². The van der Waals surface area contributed by atoms with Crippen molar-refractivity contribution in [3.05, 3.63) is 30.1 Å². The van der Waals surface area contributed by atoms with Crippen LogP contribution in [0, 0.1) is 5.82 Å². The molecule has 2 rings (SSSR count). The Labute approximate surface area is 104 Å². The minimum absolute atomic E-state index is 0.133. The van der Waals surface area contributed by atoms with Crippen molar-refractivity contribution in [3.63, 3.8) is 0 Å². The van der Waals surface area contributed by atoms with E-state index in [4.69, 9.17) is 4.74 Å². The topological polar surface area (TPSA) is 46.6 Å². The van der Waals surface area contributed by atoms with Gasteiger partial charge >= 0.3 is 0 Å². The maximum absolute atomic E-state index is 13.2. The number of para-hydroxylation sites is 1. The molecule has 1 saturated heterocycles. The van der Waals surface area contributed by atoms with Crippen LogP contribution in [0.15, 0.2) is 24.3 Å². The van der Waals surface area contributed by atoms with Gasteiger partial charge in [-0.3, -0.25) is 14.5 Å². The van der Waals surface area contributed by atoms with Crippen molar-refractivity contribution in [1.29, 1.82) is 0 Å². The molecule has 5 heteroatoms. The van der Waals surface area contributed by atoms with Gasteiger partial charge in [-0.2, -0.15) is 0 Å². The second-order valence-corrected chi connectivity index (χ2v) is 4.07. The van der Waals surface area contributed by atoms with Crippen molar-refractivity contribution >= 4 is 11.8 Å². The maximum Gasteiger partial charge on any atom is 0.229 e. The van der Waals surface area contributed by atoms with Crippen LogP contribution in [-0.2, 0) is 9.59 Å². The van der Waals surface area contributed by atoms with Gasteiger partial charge in [0.15, 0.2) is 11.6 Å². The summed E-state index contributed by atoms with van der Waals surface area (Å²) < 4.78 is 18.4. The quantitative estimate of drug-likeness (QED) is 0.591. The average molecular weight is 251 g/mol. The Morgan fingerprint density at radius 2 is 1.83 bits per heavy atom. The monoisotopic (exact) mass is 251 g/mol. The highest BCUT2D eigenvalue weighted by Crippen LogP contribution is 2.16. The fourth-order valence-electron chi connectivity index (χ4n) is 1.84. The molecule has 0 bridgehead atoms. The van der Waals surface area contributed by atoms with Gasteiger partial charge in [-0.1, -0.05) is 12.1 Å². The molecule has 4 nitrogen and oxygen atoms in total. The van der Waals surface area contributed by atoms with E-state index < -0.39 is 5.82 Å². The minimum Gasteiger partial charge on any atom is -0.490 e. The Morgan fingerprint density at radius 3 is 2.50 bits per heavy atom. The van der Waals surface area contributed by atoms with Crippen molar-refractivity contribution in [2.45, 2.75) is 19.3 Å². The summed E-state index contributed by atoms with van der Waals surface area (Å²) in [7, 11) is 0. The van der Waals surface area contributed by atoms with Crippen molar-refractivity contribution < 1.29 is 18.7 Å². The summed E-state index contributed by atoms with van der Waals surface area (Å²) >= 11 is 0. The third-order valence-corrected chi connectivity index (χ3v) is 2.78. The molecule has 1 heterocycles. The molecule has 0 aromatic heterocycles. The number of likely N-dealkylation sites (tertiary alicyclic amines) is 1. The van der Waals surface area contributed by atoms with Crippen LogP contribution in [0.25, 0.3) is 0 Å². The maximum atomic E-state index is 13.2. The molecule has 0 saturated carbocycles. The molecule has 18 heavy (non-hydrogen) atoms. The van der Waals surface area contributed by atoms with Gasteiger partial charge in [0.1, 0.15) is 0 Å². The van der Waals surface area contributed by atoms with Crippen LogP contribution in [0.5, 0.6) is 5.75 Å². The third kappa shape index (κ3) is 2.85. The molecule has 2 amide bonds. The Morgan fingerprint density at radius 1 is 1.17 bits per heavy atom. The van der Waals surface area contributed by atoms with E-state index >= 15 is 0 Å². The van der Waals surface area contributed by atoms with Gasteiger partial charge in [-0.15, -0.1) is 0 Å². The van der Waals surface area contributed by atoms with Gasteiger partial charge in [0.05, 0.1) is 6.61 Å². The summed E-state index contributed by atoms with van der Waals surface area (Å²) in [6.07, 6.45) is 1.10. The first-order valence-electron chi connectivity index (χ1n) is 5.89. The predicted molar refractivity (Wildman–Crippen MR) is 62.5 cm³/mol. The lowest BCUT2D eigenvalue weighted by atomic mass is 10.3. The van der Waals surface area contributed by atoms with Gasteiger partial charge in [-0.25, -0.2) is 4.39 Å². The predicted octanol–water partition coefficient (Wildman–Crippen LogP) is 1.74. The van der Waals surface area contributed by atoms with Gasteiger partial charge in [0.25, 0.3) is 0 Å². The molecule has 1 aliphatic heterocycles. The molecule has 1 fully saturated rings. The number of nitrogens with zero attached hydrogens (tertiary/aromatic N) is 1. The van der Waals surface area contributed by atoms with Crippen LogP contribution < -0.4 is 4.74 Å². The van der Waals surface area contributed by atoms with E-state index in [0.29, 0.717) is 25.8 Å². The van der Waals surface area contributed by atoms with E-state index in [-0.39, 0.29) is 24.2 Å². The second-order valence-electron chi connectivity index (χ2n) is 4.07. The number of hydrogen-bond donors (Lipinski definition) is 0. The minimum atomic E-state index is -0.411. The van der Waals surface area contributed by atoms with E-state index in [1.54, 1.807) is 18.2 Å². The lowest BCUT2D eigenvalue weighted by Gasteiger charge is -2.13. The van der Waals surface area contributed by atoms with Gasteiger partial charge < -0.3 is 4.74 Å². The van der Waals surface area contributed by atoms with Gasteiger partial charge in [-0.05, 0) is 18.6 Å². The lowest BCUT2D eigenvalue weighted by molar-refractivity contribution is -0.138. The molecule has 0 radical (unpaired) electrons. The fraction of sp³-hybridized carbons (Fsp3) is 0.385. The molecule has 0 N–H and O–H groups in total. The van der Waals surface area contributed by atoms with Crippen molar-refractivity contribution in [1.82, 2.24) is 4.90 Å². The number of carbonyl (C=O) groups is 2. The number of ether oxygens (including phenoxy) is 1. The number of benzene rings is 1. The van der Waals surface area contributed by atoms with Crippen molar-refractivity contribution in [3.8, 4) is 5.75 Å². The molecule has 0 atom stereocenters. The molecule has 1 aliphatic rings. The summed E-state index contributed by atoms with van der Waals surface area (Å²) in [4.78, 5) is 23.9.